The number of hydrogen-bond acceptors (Lipinski definition) is 3. The van der Waals surface area contributed by atoms with Crippen LogP contribution in [0.1, 0.15) is 27.7 Å². The molecular weight excluding hydrogens is 305 g/mol. The van der Waals surface area contributed by atoms with Crippen LogP contribution in [0, 0.1) is 0 Å². The average Bonchev–Trinajstić information content (AvgIpc) is 1.93. The monoisotopic (exact) mass is 318 g/mol. The fourth-order valence-electron chi connectivity index (χ4n) is 0.699. The van der Waals surface area contributed by atoms with E-state index in [1.165, 1.54) is 0 Å². The molecule has 19 heavy (non-hydrogen) atoms. The van der Waals surface area contributed by atoms with Crippen LogP contribution in [0.15, 0.2) is 0 Å². The Labute approximate surface area is 105 Å². The molecule has 116 valence electrons. The van der Waals surface area contributed by atoms with Crippen molar-refractivity contribution >= 4 is 7.82 Å². The summed E-state index contributed by atoms with van der Waals surface area (Å²) in [7, 11) is -5.57. The van der Waals surface area contributed by atoms with E-state index in [0.29, 0.717) is 27.7 Å². The molecule has 0 amide bonds. The minimum absolute atomic E-state index is 0.389. The molecule has 1 N–H and O–H groups in total. The first-order valence-corrected chi connectivity index (χ1v) is 6.29. The summed E-state index contributed by atoms with van der Waals surface area (Å²) in [6, 6.07) is 0. The molecule has 4 nitrogen and oxygen atoms in total. The van der Waals surface area contributed by atoms with Crippen LogP contribution in [-0.2, 0) is 13.6 Å². The number of alkyl halides is 6. The van der Waals surface area contributed by atoms with Gasteiger partial charge in [0.25, 0.3) is 0 Å². The van der Waals surface area contributed by atoms with Crippen molar-refractivity contribution < 1.29 is 44.8 Å². The molecule has 0 heterocycles. The van der Waals surface area contributed by atoms with E-state index < -0.39 is 31.4 Å². The molecule has 0 spiro atoms. The average molecular weight is 318 g/mol. The molecule has 0 radical (unpaired) electrons. The van der Waals surface area contributed by atoms with Gasteiger partial charge in [-0.25, -0.2) is 4.57 Å². The van der Waals surface area contributed by atoms with Gasteiger partial charge in [0, 0.05) is 0 Å². The minimum atomic E-state index is -5.57. The van der Waals surface area contributed by atoms with Crippen LogP contribution in [0.5, 0.6) is 0 Å². The topological polar surface area (TPSA) is 55.8 Å². The Kier molecular flexibility index (Phi) is 4.83. The van der Waals surface area contributed by atoms with Gasteiger partial charge in [-0.2, -0.15) is 26.3 Å². The lowest BCUT2D eigenvalue weighted by Crippen LogP contribution is -2.44. The molecule has 0 saturated carbocycles. The molecule has 11 heteroatoms. The van der Waals surface area contributed by atoms with E-state index in [-0.39, 0.29) is 0 Å². The highest BCUT2D eigenvalue weighted by Crippen LogP contribution is 2.55. The van der Waals surface area contributed by atoms with Gasteiger partial charge < -0.3 is 4.89 Å². The SMILES string of the molecule is CC(C)(OP(=O)(O)OC(C)(C)C(F)(F)F)C(F)(F)F. The van der Waals surface area contributed by atoms with E-state index >= 15 is 0 Å². The first-order chi connectivity index (χ1) is 7.91. The van der Waals surface area contributed by atoms with E-state index in [4.69, 9.17) is 4.89 Å². The predicted molar refractivity (Wildman–Crippen MR) is 52.3 cm³/mol. The van der Waals surface area contributed by atoms with Gasteiger partial charge in [0.15, 0.2) is 11.2 Å². The third-order valence-electron chi connectivity index (χ3n) is 2.05. The van der Waals surface area contributed by atoms with Crippen LogP contribution in [0.4, 0.5) is 26.3 Å². The van der Waals surface area contributed by atoms with Crippen LogP contribution in [-0.4, -0.2) is 28.4 Å². The second-order valence-electron chi connectivity index (χ2n) is 4.67. The highest BCUT2D eigenvalue weighted by atomic mass is 31.2. The van der Waals surface area contributed by atoms with Crippen LogP contribution in [0.3, 0.4) is 0 Å². The molecule has 0 unspecified atom stereocenters. The maximum atomic E-state index is 12.4. The third kappa shape index (κ3) is 4.94. The molecule has 0 atom stereocenters. The summed E-state index contributed by atoms with van der Waals surface area (Å²) in [6.07, 6.45) is -10.1. The van der Waals surface area contributed by atoms with Crippen molar-refractivity contribution in [1.82, 2.24) is 0 Å². The molecule has 0 aromatic carbocycles. The van der Waals surface area contributed by atoms with Crippen molar-refractivity contribution in [3.63, 3.8) is 0 Å². The van der Waals surface area contributed by atoms with E-state index in [1.807, 2.05) is 0 Å². The molecule has 0 aliphatic heterocycles. The van der Waals surface area contributed by atoms with Crippen molar-refractivity contribution in [3.8, 4) is 0 Å². The normalized spacial score (nSPS) is 15.7. The zero-order chi connectivity index (χ0) is 15.9. The number of hydrogen-bond donors (Lipinski definition) is 1. The van der Waals surface area contributed by atoms with Gasteiger partial charge in [-0.3, -0.25) is 9.05 Å². The molecule has 0 bridgehead atoms. The van der Waals surface area contributed by atoms with Crippen LogP contribution in [0.25, 0.3) is 0 Å². The Balaban J connectivity index is 5.10. The van der Waals surface area contributed by atoms with Crippen LogP contribution < -0.4 is 0 Å². The van der Waals surface area contributed by atoms with Gasteiger partial charge in [-0.1, -0.05) is 0 Å². The Hall–Kier alpha value is -0.310. The Morgan fingerprint density at radius 2 is 1.00 bits per heavy atom. The third-order valence-corrected chi connectivity index (χ3v) is 3.43. The molecule has 0 aromatic heterocycles. The lowest BCUT2D eigenvalue weighted by Gasteiger charge is -2.33. The van der Waals surface area contributed by atoms with Crippen molar-refractivity contribution in [2.45, 2.75) is 51.2 Å². The van der Waals surface area contributed by atoms with E-state index in [0.717, 1.165) is 0 Å². The number of phosphoric ester groups is 1. The van der Waals surface area contributed by atoms with Crippen molar-refractivity contribution in [2.75, 3.05) is 0 Å². The molecule has 0 aliphatic rings. The lowest BCUT2D eigenvalue weighted by molar-refractivity contribution is -0.257. The fourth-order valence-corrected chi connectivity index (χ4v) is 2.10. The van der Waals surface area contributed by atoms with Gasteiger partial charge in [0.1, 0.15) is 0 Å². The lowest BCUT2D eigenvalue weighted by atomic mass is 10.1. The summed E-state index contributed by atoms with van der Waals surface area (Å²) in [4.78, 5) is 9.02. The molecule has 0 saturated heterocycles. The second kappa shape index (κ2) is 4.91. The van der Waals surface area contributed by atoms with E-state index in [9.17, 15) is 30.9 Å². The fraction of sp³-hybridized carbons (Fsp3) is 1.00. The predicted octanol–water partition coefficient (Wildman–Crippen LogP) is 3.80. The molecule has 0 aliphatic carbocycles. The van der Waals surface area contributed by atoms with Crippen LogP contribution >= 0.6 is 7.82 Å². The minimum Gasteiger partial charge on any atom is -0.302 e. The standard InChI is InChI=1S/C8H13F6O4P/c1-5(2,7(9,10)11)17-19(15,16)18-6(3,4)8(12,13)14/h1-4H3,(H,15,16). The molecule has 0 aromatic rings. The largest absolute Gasteiger partial charge is 0.473 e. The van der Waals surface area contributed by atoms with Gasteiger partial charge in [-0.05, 0) is 27.7 Å². The maximum absolute atomic E-state index is 12.4. The highest BCUT2D eigenvalue weighted by molar-refractivity contribution is 7.47. The summed E-state index contributed by atoms with van der Waals surface area (Å²) in [5, 5.41) is 0. The molecular formula is C8H13F6O4P. The summed E-state index contributed by atoms with van der Waals surface area (Å²) < 4.78 is 93.2. The second-order valence-corrected chi connectivity index (χ2v) is 5.97. The van der Waals surface area contributed by atoms with Crippen LogP contribution in [0.2, 0.25) is 0 Å². The van der Waals surface area contributed by atoms with Gasteiger partial charge in [0.2, 0.25) is 0 Å². The van der Waals surface area contributed by atoms with Gasteiger partial charge in [0.05, 0.1) is 0 Å². The summed E-state index contributed by atoms with van der Waals surface area (Å²) in [5.74, 6) is 0. The number of rotatable bonds is 4. The first-order valence-electron chi connectivity index (χ1n) is 4.79. The quantitative estimate of drug-likeness (QED) is 0.633. The molecule has 0 fully saturated rings. The zero-order valence-corrected chi connectivity index (χ0v) is 11.3. The smallest absolute Gasteiger partial charge is 0.302 e. The van der Waals surface area contributed by atoms with Crippen molar-refractivity contribution in [1.29, 1.82) is 0 Å². The van der Waals surface area contributed by atoms with Crippen molar-refractivity contribution in [3.05, 3.63) is 0 Å². The maximum Gasteiger partial charge on any atom is 0.473 e. The van der Waals surface area contributed by atoms with Gasteiger partial charge in [-0.15, -0.1) is 0 Å². The van der Waals surface area contributed by atoms with Crippen molar-refractivity contribution in [2.24, 2.45) is 0 Å². The summed E-state index contributed by atoms with van der Waals surface area (Å²) >= 11 is 0. The Morgan fingerprint density at radius 1 is 0.789 bits per heavy atom. The van der Waals surface area contributed by atoms with E-state index in [2.05, 4.69) is 9.05 Å². The van der Waals surface area contributed by atoms with Gasteiger partial charge >= 0.3 is 20.2 Å². The first kappa shape index (κ1) is 18.7. The zero-order valence-electron chi connectivity index (χ0n) is 10.4. The summed E-state index contributed by atoms with van der Waals surface area (Å²) in [5.41, 5.74) is -6.28. The summed E-state index contributed by atoms with van der Waals surface area (Å²) in [6.45, 7) is 1.55. The highest BCUT2D eigenvalue weighted by Gasteiger charge is 2.57. The number of halogens is 6. The number of phosphoric acid groups is 1. The molecule has 0 rings (SSSR count). The Morgan fingerprint density at radius 3 is 1.16 bits per heavy atom. The van der Waals surface area contributed by atoms with E-state index in [1.54, 1.807) is 0 Å². The Bertz CT molecular complexity index is 340.